The number of para-hydroxylation sites is 2. The van der Waals surface area contributed by atoms with E-state index in [4.69, 9.17) is 15.5 Å². The van der Waals surface area contributed by atoms with Crippen molar-refractivity contribution in [2.24, 2.45) is 4.99 Å². The van der Waals surface area contributed by atoms with E-state index in [-0.39, 0.29) is 33.9 Å². The minimum atomic E-state index is -1.16. The molecule has 1 atom stereocenters. The summed E-state index contributed by atoms with van der Waals surface area (Å²) in [5, 5.41) is 4.86. The number of amides is 1. The summed E-state index contributed by atoms with van der Waals surface area (Å²) in [6.45, 7) is 3.68. The van der Waals surface area contributed by atoms with Crippen molar-refractivity contribution in [2.75, 3.05) is 17.7 Å². The molecule has 0 saturated carbocycles. The number of nitrogens with two attached hydrogens (primary N) is 1. The van der Waals surface area contributed by atoms with Crippen LogP contribution >= 0.6 is 0 Å². The zero-order valence-electron chi connectivity index (χ0n) is 21.9. The quantitative estimate of drug-likeness (QED) is 0.163. The number of nitrogen functional groups attached to an aromatic ring is 1. The molecule has 0 spiro atoms. The average molecular weight is 542 g/mol. The van der Waals surface area contributed by atoms with Gasteiger partial charge in [-0.3, -0.25) is 9.69 Å². The van der Waals surface area contributed by atoms with Crippen molar-refractivity contribution in [1.82, 2.24) is 19.7 Å². The van der Waals surface area contributed by atoms with Crippen molar-refractivity contribution in [2.45, 2.75) is 19.9 Å². The molecule has 1 amide bonds. The molecule has 1 unspecified atom stereocenters. The van der Waals surface area contributed by atoms with Crippen molar-refractivity contribution in [1.29, 1.82) is 0 Å². The number of methoxy groups -OCH3 is 1. The molecule has 9 nitrogen and oxygen atoms in total. The molecule has 0 aliphatic heterocycles. The minimum absolute atomic E-state index is 0.0294. The Bertz CT molecular complexity index is 1740. The van der Waals surface area contributed by atoms with Crippen LogP contribution in [0, 0.1) is 18.6 Å². The fourth-order valence-electron chi connectivity index (χ4n) is 4.43. The number of carbonyl (C=O) groups excluding carboxylic acids is 1. The Balaban J connectivity index is 1.75. The molecule has 2 aromatic heterocycles. The minimum Gasteiger partial charge on any atom is -0.494 e. The zero-order chi connectivity index (χ0) is 28.4. The number of aryl methyl sites for hydroxylation is 1. The molecule has 40 heavy (non-hydrogen) atoms. The Hall–Kier alpha value is -5.19. The predicted molar refractivity (Wildman–Crippen MR) is 150 cm³/mol. The normalized spacial score (nSPS) is 12.4. The number of aliphatic imine (C=N–C) groups is 1. The summed E-state index contributed by atoms with van der Waals surface area (Å²) in [4.78, 5) is 27.2. The van der Waals surface area contributed by atoms with E-state index >= 15 is 4.39 Å². The number of hydrogen-bond acceptors (Lipinski definition) is 7. The second kappa shape index (κ2) is 10.9. The summed E-state index contributed by atoms with van der Waals surface area (Å²) in [7, 11) is 1.25. The third-order valence-electron chi connectivity index (χ3n) is 6.52. The summed E-state index contributed by atoms with van der Waals surface area (Å²) >= 11 is 0. The van der Waals surface area contributed by atoms with Gasteiger partial charge in [0.1, 0.15) is 29.7 Å². The van der Waals surface area contributed by atoms with Gasteiger partial charge in [0.15, 0.2) is 17.2 Å². The van der Waals surface area contributed by atoms with Crippen molar-refractivity contribution >= 4 is 40.5 Å². The first-order valence-electron chi connectivity index (χ1n) is 12.3. The van der Waals surface area contributed by atoms with Crippen LogP contribution in [0.25, 0.3) is 22.3 Å². The lowest BCUT2D eigenvalue weighted by Crippen LogP contribution is -2.36. The first-order valence-corrected chi connectivity index (χ1v) is 12.3. The van der Waals surface area contributed by atoms with E-state index in [9.17, 15) is 9.18 Å². The SMILES string of the molecule is COc1ccc(-c2nn(C(C)/C(=N/c3ccccc3C)N(C=O)c3ccccc3)c3ncnc(N)c23)c(F)c1F. The van der Waals surface area contributed by atoms with Crippen LogP contribution in [-0.4, -0.2) is 39.1 Å². The highest BCUT2D eigenvalue weighted by atomic mass is 19.2. The van der Waals surface area contributed by atoms with Crippen LogP contribution < -0.4 is 15.4 Å². The molecular weight excluding hydrogens is 516 g/mol. The fourth-order valence-corrected chi connectivity index (χ4v) is 4.43. The topological polar surface area (TPSA) is 112 Å². The van der Waals surface area contributed by atoms with Gasteiger partial charge in [-0.05, 0) is 49.7 Å². The smallest absolute Gasteiger partial charge is 0.219 e. The molecule has 0 saturated heterocycles. The number of benzene rings is 3. The number of aromatic nitrogens is 4. The van der Waals surface area contributed by atoms with E-state index in [1.165, 1.54) is 35.2 Å². The number of amidine groups is 1. The van der Waals surface area contributed by atoms with Gasteiger partial charge in [0, 0.05) is 11.3 Å². The molecule has 0 aliphatic carbocycles. The Morgan fingerprint density at radius 1 is 1.05 bits per heavy atom. The van der Waals surface area contributed by atoms with E-state index in [0.29, 0.717) is 23.6 Å². The van der Waals surface area contributed by atoms with Gasteiger partial charge in [0.2, 0.25) is 12.2 Å². The highest BCUT2D eigenvalue weighted by molar-refractivity contribution is 6.13. The van der Waals surface area contributed by atoms with E-state index in [0.717, 1.165) is 5.56 Å². The fraction of sp³-hybridized carbons (Fsp3) is 0.138. The maximum atomic E-state index is 15.2. The lowest BCUT2D eigenvalue weighted by Gasteiger charge is -2.25. The Labute approximate surface area is 228 Å². The zero-order valence-corrected chi connectivity index (χ0v) is 21.9. The first kappa shape index (κ1) is 26.4. The van der Waals surface area contributed by atoms with Gasteiger partial charge < -0.3 is 10.5 Å². The molecule has 2 heterocycles. The number of fused-ring (bicyclic) bond motifs is 1. The van der Waals surface area contributed by atoms with Crippen molar-refractivity contribution < 1.29 is 18.3 Å². The second-order valence-electron chi connectivity index (χ2n) is 8.94. The monoisotopic (exact) mass is 541 g/mol. The van der Waals surface area contributed by atoms with Crippen molar-refractivity contribution in [3.63, 3.8) is 0 Å². The van der Waals surface area contributed by atoms with Crippen LogP contribution in [-0.2, 0) is 4.79 Å². The highest BCUT2D eigenvalue weighted by Gasteiger charge is 2.29. The largest absolute Gasteiger partial charge is 0.494 e. The number of ether oxygens (including phenoxy) is 1. The lowest BCUT2D eigenvalue weighted by atomic mass is 10.1. The first-order chi connectivity index (χ1) is 19.3. The summed E-state index contributed by atoms with van der Waals surface area (Å²) in [5.41, 5.74) is 8.45. The molecule has 0 aliphatic rings. The van der Waals surface area contributed by atoms with Crippen molar-refractivity contribution in [3.05, 3.63) is 90.3 Å². The molecule has 0 radical (unpaired) electrons. The van der Waals surface area contributed by atoms with Crippen molar-refractivity contribution in [3.8, 4) is 17.0 Å². The number of hydrogen-bond donors (Lipinski definition) is 1. The Morgan fingerprint density at radius 2 is 1.77 bits per heavy atom. The number of anilines is 2. The summed E-state index contributed by atoms with van der Waals surface area (Å²) < 4.78 is 36.3. The van der Waals surface area contributed by atoms with E-state index in [2.05, 4.69) is 15.1 Å². The molecule has 2 N–H and O–H groups in total. The number of rotatable bonds is 7. The summed E-state index contributed by atoms with van der Waals surface area (Å²) in [6.07, 6.45) is 1.92. The maximum absolute atomic E-state index is 15.2. The van der Waals surface area contributed by atoms with Gasteiger partial charge in [-0.1, -0.05) is 36.4 Å². The van der Waals surface area contributed by atoms with Crippen LogP contribution in [0.5, 0.6) is 5.75 Å². The average Bonchev–Trinajstić information content (AvgIpc) is 3.36. The van der Waals surface area contributed by atoms with E-state index in [1.54, 1.807) is 31.2 Å². The molecule has 0 bridgehead atoms. The van der Waals surface area contributed by atoms with Crippen LogP contribution in [0.2, 0.25) is 0 Å². The Kier molecular flexibility index (Phi) is 7.19. The summed E-state index contributed by atoms with van der Waals surface area (Å²) in [6, 6.07) is 18.4. The van der Waals surface area contributed by atoms with E-state index in [1.807, 2.05) is 37.3 Å². The standard InChI is InChI=1S/C29H25F2N7O2/c1-17-9-7-8-12-21(17)35-28(37(16-39)19-10-5-4-6-11-19)18(2)38-29-23(27(32)33-15-34-29)26(36-38)20-13-14-22(40-3)25(31)24(20)30/h4-16,18H,1-3H3,(H2,32,33,34)/b35-28-. The number of nitrogens with zero attached hydrogens (tertiary/aromatic N) is 6. The summed E-state index contributed by atoms with van der Waals surface area (Å²) in [5.74, 6) is -2.23. The van der Waals surface area contributed by atoms with Crippen LogP contribution in [0.15, 0.2) is 78.0 Å². The maximum Gasteiger partial charge on any atom is 0.219 e. The van der Waals surface area contributed by atoms with E-state index < -0.39 is 17.7 Å². The second-order valence-corrected chi connectivity index (χ2v) is 8.94. The van der Waals surface area contributed by atoms with Gasteiger partial charge in [-0.15, -0.1) is 0 Å². The van der Waals surface area contributed by atoms with Crippen LogP contribution in [0.3, 0.4) is 0 Å². The van der Waals surface area contributed by atoms with Gasteiger partial charge in [-0.25, -0.2) is 24.0 Å². The van der Waals surface area contributed by atoms with Crippen LogP contribution in [0.4, 0.5) is 26.0 Å². The molecule has 5 aromatic rings. The van der Waals surface area contributed by atoms with Gasteiger partial charge in [0.25, 0.3) is 0 Å². The van der Waals surface area contributed by atoms with Gasteiger partial charge in [0.05, 0.1) is 18.2 Å². The van der Waals surface area contributed by atoms with Gasteiger partial charge in [-0.2, -0.15) is 9.49 Å². The molecule has 202 valence electrons. The highest BCUT2D eigenvalue weighted by Crippen LogP contribution is 2.36. The molecular formula is C29H25F2N7O2. The number of carbonyl (C=O) groups is 1. The third-order valence-corrected chi connectivity index (χ3v) is 6.52. The lowest BCUT2D eigenvalue weighted by molar-refractivity contribution is -0.106. The number of halogens is 2. The Morgan fingerprint density at radius 3 is 2.48 bits per heavy atom. The molecule has 0 fully saturated rings. The third kappa shape index (κ3) is 4.62. The van der Waals surface area contributed by atoms with Crippen LogP contribution in [0.1, 0.15) is 18.5 Å². The molecule has 3 aromatic carbocycles. The molecule has 11 heteroatoms. The van der Waals surface area contributed by atoms with Gasteiger partial charge >= 0.3 is 0 Å². The molecule has 5 rings (SSSR count). The predicted octanol–water partition coefficient (Wildman–Crippen LogP) is 5.62.